The Labute approximate surface area is 236 Å². The van der Waals surface area contributed by atoms with Gasteiger partial charge in [-0.2, -0.15) is 0 Å². The number of fused-ring (bicyclic) bond motifs is 3. The minimum atomic E-state index is 0.0614. The van der Waals surface area contributed by atoms with Gasteiger partial charge in [0.1, 0.15) is 5.75 Å². The third kappa shape index (κ3) is 5.50. The third-order valence-electron chi connectivity index (χ3n) is 8.91. The van der Waals surface area contributed by atoms with Crippen LogP contribution < -0.4 is 4.74 Å². The molecule has 202 valence electrons. The fraction of sp³-hybridized carbons (Fsp3) is 0.382. The molecule has 2 aliphatic rings. The molecule has 0 aliphatic carbocycles. The van der Waals surface area contributed by atoms with Crippen molar-refractivity contribution in [3.63, 3.8) is 0 Å². The Hall–Kier alpha value is -3.08. The maximum absolute atomic E-state index is 13.4. The number of methoxy groups -OCH3 is 1. The van der Waals surface area contributed by atoms with Crippen LogP contribution in [0.2, 0.25) is 5.02 Å². The number of aromatic nitrogens is 1. The molecule has 4 aromatic rings. The standard InChI is InChI=1S/C34H37ClN2O2/c1-39-32-10-5-9-30-31(34(38)26-7-3-2-4-8-26)23-36(33(30)32)19-6-20-37-28-17-18-29(37)22-25(21-28)12-11-24-13-15-27(35)16-14-24/h2-5,7-10,13-16,23,25,28-29H,6,11-12,17-22H2,1H3. The van der Waals surface area contributed by atoms with E-state index in [1.807, 2.05) is 66.9 Å². The van der Waals surface area contributed by atoms with E-state index in [1.54, 1.807) is 7.11 Å². The summed E-state index contributed by atoms with van der Waals surface area (Å²) >= 11 is 6.06. The topological polar surface area (TPSA) is 34.5 Å². The number of halogens is 1. The van der Waals surface area contributed by atoms with Crippen LogP contribution in [0.5, 0.6) is 5.75 Å². The van der Waals surface area contributed by atoms with Gasteiger partial charge in [-0.3, -0.25) is 9.69 Å². The number of aryl methyl sites for hydroxylation is 2. The molecule has 6 rings (SSSR count). The maximum Gasteiger partial charge on any atom is 0.195 e. The summed E-state index contributed by atoms with van der Waals surface area (Å²) in [4.78, 5) is 16.2. The number of piperidine rings is 1. The molecule has 2 atom stereocenters. The lowest BCUT2D eigenvalue weighted by Gasteiger charge is -2.39. The van der Waals surface area contributed by atoms with Crippen LogP contribution in [0.3, 0.4) is 0 Å². The Kier molecular flexibility index (Phi) is 7.76. The number of carbonyl (C=O) groups is 1. The number of hydrogen-bond acceptors (Lipinski definition) is 3. The van der Waals surface area contributed by atoms with Crippen LogP contribution in [0, 0.1) is 5.92 Å². The zero-order chi connectivity index (χ0) is 26.8. The number of ether oxygens (including phenoxy) is 1. The summed E-state index contributed by atoms with van der Waals surface area (Å²) in [5.41, 5.74) is 3.88. The van der Waals surface area contributed by atoms with Gasteiger partial charge < -0.3 is 9.30 Å². The van der Waals surface area contributed by atoms with Gasteiger partial charge in [0.15, 0.2) is 5.78 Å². The lowest BCUT2D eigenvalue weighted by atomic mass is 9.86. The summed E-state index contributed by atoms with van der Waals surface area (Å²) in [7, 11) is 1.71. The second-order valence-corrected chi connectivity index (χ2v) is 11.7. The molecule has 0 spiro atoms. The highest BCUT2D eigenvalue weighted by Crippen LogP contribution is 2.40. The molecule has 2 fully saturated rings. The van der Waals surface area contributed by atoms with Crippen molar-refractivity contribution < 1.29 is 9.53 Å². The van der Waals surface area contributed by atoms with Crippen LogP contribution in [-0.2, 0) is 13.0 Å². The molecule has 2 aliphatic heterocycles. The lowest BCUT2D eigenvalue weighted by molar-refractivity contribution is 0.0978. The molecule has 2 bridgehead atoms. The largest absolute Gasteiger partial charge is 0.495 e. The van der Waals surface area contributed by atoms with Gasteiger partial charge in [0.2, 0.25) is 0 Å². The van der Waals surface area contributed by atoms with Gasteiger partial charge in [-0.25, -0.2) is 0 Å². The number of benzene rings is 3. The fourth-order valence-electron chi connectivity index (χ4n) is 7.03. The van der Waals surface area contributed by atoms with E-state index in [-0.39, 0.29) is 5.78 Å². The van der Waals surface area contributed by atoms with Gasteiger partial charge in [-0.1, -0.05) is 66.2 Å². The molecule has 0 N–H and O–H groups in total. The smallest absolute Gasteiger partial charge is 0.195 e. The Bertz CT molecular complexity index is 1420. The van der Waals surface area contributed by atoms with Crippen LogP contribution in [0.4, 0.5) is 0 Å². The lowest BCUT2D eigenvalue weighted by Crippen LogP contribution is -2.43. The Balaban J connectivity index is 1.11. The second kappa shape index (κ2) is 11.6. The van der Waals surface area contributed by atoms with Crippen LogP contribution in [0.15, 0.2) is 79.0 Å². The van der Waals surface area contributed by atoms with E-state index in [2.05, 4.69) is 21.6 Å². The summed E-state index contributed by atoms with van der Waals surface area (Å²) < 4.78 is 7.97. The Morgan fingerprint density at radius 1 is 0.923 bits per heavy atom. The van der Waals surface area contributed by atoms with Crippen LogP contribution in [0.25, 0.3) is 10.9 Å². The van der Waals surface area contributed by atoms with E-state index in [1.165, 1.54) is 37.7 Å². The number of carbonyl (C=O) groups excluding carboxylic acids is 1. The molecule has 0 saturated carbocycles. The number of hydrogen-bond donors (Lipinski definition) is 0. The van der Waals surface area contributed by atoms with E-state index in [4.69, 9.17) is 16.3 Å². The van der Waals surface area contributed by atoms with Gasteiger partial charge in [0, 0.05) is 52.9 Å². The number of para-hydroxylation sites is 1. The average Bonchev–Trinajstić information content (AvgIpc) is 3.45. The van der Waals surface area contributed by atoms with Gasteiger partial charge in [-0.05, 0) is 74.6 Å². The predicted octanol–water partition coefficient (Wildman–Crippen LogP) is 7.80. The summed E-state index contributed by atoms with van der Waals surface area (Å²) in [6, 6.07) is 25.3. The molecule has 2 unspecified atom stereocenters. The molecule has 0 amide bonds. The number of ketones is 1. The molecule has 39 heavy (non-hydrogen) atoms. The monoisotopic (exact) mass is 540 g/mol. The first-order chi connectivity index (χ1) is 19.1. The normalized spacial score (nSPS) is 20.9. The van der Waals surface area contributed by atoms with E-state index in [0.29, 0.717) is 12.1 Å². The molecule has 2 saturated heterocycles. The summed E-state index contributed by atoms with van der Waals surface area (Å²) in [6.07, 6.45) is 10.8. The van der Waals surface area contributed by atoms with Crippen LogP contribution in [-0.4, -0.2) is 41.0 Å². The zero-order valence-corrected chi connectivity index (χ0v) is 23.4. The van der Waals surface area contributed by atoms with Crippen molar-refractivity contribution in [3.8, 4) is 5.75 Å². The molecule has 1 aromatic heterocycles. The van der Waals surface area contributed by atoms with Crippen molar-refractivity contribution in [2.45, 2.75) is 63.6 Å². The third-order valence-corrected chi connectivity index (χ3v) is 9.17. The van der Waals surface area contributed by atoms with Gasteiger partial charge >= 0.3 is 0 Å². The quantitative estimate of drug-likeness (QED) is 0.192. The van der Waals surface area contributed by atoms with Crippen LogP contribution in [0.1, 0.15) is 60.0 Å². The van der Waals surface area contributed by atoms with Crippen molar-refractivity contribution in [2.75, 3.05) is 13.7 Å². The first-order valence-corrected chi connectivity index (χ1v) is 14.7. The van der Waals surface area contributed by atoms with E-state index < -0.39 is 0 Å². The van der Waals surface area contributed by atoms with Crippen molar-refractivity contribution in [1.29, 1.82) is 0 Å². The van der Waals surface area contributed by atoms with Crippen molar-refractivity contribution in [3.05, 3.63) is 101 Å². The maximum atomic E-state index is 13.4. The summed E-state index contributed by atoms with van der Waals surface area (Å²) in [5, 5.41) is 1.78. The summed E-state index contributed by atoms with van der Waals surface area (Å²) in [6.45, 7) is 1.98. The minimum Gasteiger partial charge on any atom is -0.495 e. The molecule has 3 aromatic carbocycles. The van der Waals surface area contributed by atoms with Crippen molar-refractivity contribution in [1.82, 2.24) is 9.47 Å². The van der Waals surface area contributed by atoms with Gasteiger partial charge in [-0.15, -0.1) is 0 Å². The van der Waals surface area contributed by atoms with Crippen molar-refractivity contribution in [2.24, 2.45) is 5.92 Å². The molecular formula is C34H37ClN2O2. The van der Waals surface area contributed by atoms with E-state index in [9.17, 15) is 4.79 Å². The van der Waals surface area contributed by atoms with E-state index >= 15 is 0 Å². The predicted molar refractivity (Wildman–Crippen MR) is 159 cm³/mol. The molecule has 3 heterocycles. The number of rotatable bonds is 10. The first kappa shape index (κ1) is 26.2. The van der Waals surface area contributed by atoms with Gasteiger partial charge in [0.25, 0.3) is 0 Å². The average molecular weight is 541 g/mol. The zero-order valence-electron chi connectivity index (χ0n) is 22.7. The van der Waals surface area contributed by atoms with Gasteiger partial charge in [0.05, 0.1) is 12.6 Å². The second-order valence-electron chi connectivity index (χ2n) is 11.3. The van der Waals surface area contributed by atoms with Crippen LogP contribution >= 0.6 is 11.6 Å². The van der Waals surface area contributed by atoms with Crippen molar-refractivity contribution >= 4 is 28.3 Å². The molecule has 0 radical (unpaired) electrons. The molecule has 4 nitrogen and oxygen atoms in total. The first-order valence-electron chi connectivity index (χ1n) is 14.4. The Morgan fingerprint density at radius 2 is 1.67 bits per heavy atom. The fourth-order valence-corrected chi connectivity index (χ4v) is 7.15. The SMILES string of the molecule is COc1cccc2c(C(=O)c3ccccc3)cn(CCCN3C4CCC3CC(CCc3ccc(Cl)cc3)C4)c12. The molecule has 5 heteroatoms. The number of nitrogens with zero attached hydrogens (tertiary/aromatic N) is 2. The summed E-state index contributed by atoms with van der Waals surface area (Å²) in [5.74, 6) is 1.70. The minimum absolute atomic E-state index is 0.0614. The van der Waals surface area contributed by atoms with E-state index in [0.717, 1.165) is 64.7 Å². The highest BCUT2D eigenvalue weighted by Gasteiger charge is 2.39. The Morgan fingerprint density at radius 3 is 2.38 bits per heavy atom. The molecular weight excluding hydrogens is 504 g/mol. The highest BCUT2D eigenvalue weighted by molar-refractivity contribution is 6.30. The highest BCUT2D eigenvalue weighted by atomic mass is 35.5.